The molecule has 0 radical (unpaired) electrons. The van der Waals surface area contributed by atoms with Crippen LogP contribution in [0, 0.1) is 0 Å². The Morgan fingerprint density at radius 3 is 2.86 bits per heavy atom. The molecule has 0 fully saturated rings. The number of aliphatic carboxylic acids is 1. The van der Waals surface area contributed by atoms with E-state index in [1.54, 1.807) is 24.5 Å². The van der Waals surface area contributed by atoms with Crippen molar-refractivity contribution in [2.75, 3.05) is 13.2 Å². The van der Waals surface area contributed by atoms with Gasteiger partial charge in [0.1, 0.15) is 0 Å². The molecule has 1 aromatic heterocycles. The summed E-state index contributed by atoms with van der Waals surface area (Å²) in [5.41, 5.74) is 1.97. The number of nitrogens with zero attached hydrogens (tertiary/aromatic N) is 2. The Hall–Kier alpha value is -2.25. The topological polar surface area (TPSA) is 104 Å². The average molecular weight is 291 g/mol. The van der Waals surface area contributed by atoms with Gasteiger partial charge >= 0.3 is 5.97 Å². The summed E-state index contributed by atoms with van der Waals surface area (Å²) in [4.78, 5) is 27.4. The van der Waals surface area contributed by atoms with Crippen LogP contribution in [0.5, 0.6) is 0 Å². The third-order valence-corrected chi connectivity index (χ3v) is 3.21. The van der Waals surface area contributed by atoms with E-state index in [2.05, 4.69) is 10.3 Å². The van der Waals surface area contributed by atoms with Gasteiger partial charge in [0.2, 0.25) is 0 Å². The number of carboxylic acid groups (broad SMARTS) is 1. The van der Waals surface area contributed by atoms with Crippen LogP contribution < -0.4 is 5.32 Å². The largest absolute Gasteiger partial charge is 0.481 e. The molecule has 0 saturated heterocycles. The molecule has 0 aliphatic heterocycles. The zero-order valence-electron chi connectivity index (χ0n) is 11.6. The molecule has 0 amide bonds. The van der Waals surface area contributed by atoms with Gasteiger partial charge < -0.3 is 20.1 Å². The Balaban J connectivity index is 2.26. The monoisotopic (exact) mass is 291 g/mol. The normalized spacial score (nSPS) is 12.5. The number of hydrogen-bond donors (Lipinski definition) is 3. The second-order valence-electron chi connectivity index (χ2n) is 4.75. The minimum absolute atomic E-state index is 0.162. The Labute approximate surface area is 121 Å². The van der Waals surface area contributed by atoms with Crippen molar-refractivity contribution in [1.82, 2.24) is 14.9 Å². The van der Waals surface area contributed by atoms with Crippen molar-refractivity contribution in [2.24, 2.45) is 7.05 Å². The van der Waals surface area contributed by atoms with E-state index < -0.39 is 12.0 Å². The van der Waals surface area contributed by atoms with Crippen LogP contribution in [0.4, 0.5) is 0 Å². The summed E-state index contributed by atoms with van der Waals surface area (Å²) < 4.78 is 1.84. The van der Waals surface area contributed by atoms with E-state index in [4.69, 9.17) is 10.2 Å². The van der Waals surface area contributed by atoms with Crippen molar-refractivity contribution in [2.45, 2.75) is 12.5 Å². The zero-order chi connectivity index (χ0) is 15.4. The number of ketones is 1. The number of carbonyl (C=O) groups excluding carboxylic acids is 1. The van der Waals surface area contributed by atoms with Crippen LogP contribution in [0.2, 0.25) is 0 Å². The molecule has 2 aromatic rings. The highest BCUT2D eigenvalue weighted by Gasteiger charge is 2.22. The molecule has 0 bridgehead atoms. The number of aliphatic hydroxyl groups is 1. The molecule has 0 saturated carbocycles. The van der Waals surface area contributed by atoms with Gasteiger partial charge in [-0.25, -0.2) is 4.98 Å². The predicted molar refractivity (Wildman–Crippen MR) is 76.2 cm³/mol. The van der Waals surface area contributed by atoms with Gasteiger partial charge in [0.25, 0.3) is 0 Å². The Morgan fingerprint density at radius 1 is 1.43 bits per heavy atom. The molecule has 7 heteroatoms. The van der Waals surface area contributed by atoms with Crippen LogP contribution in [-0.2, 0) is 11.8 Å². The molecule has 0 aliphatic carbocycles. The summed E-state index contributed by atoms with van der Waals surface area (Å²) in [7, 11) is 1.85. The van der Waals surface area contributed by atoms with Crippen molar-refractivity contribution in [3.63, 3.8) is 0 Å². The lowest BCUT2D eigenvalue weighted by molar-refractivity contribution is -0.137. The van der Waals surface area contributed by atoms with Gasteiger partial charge in [-0.1, -0.05) is 0 Å². The number of aryl methyl sites for hydroxylation is 1. The maximum absolute atomic E-state index is 12.4. The smallest absolute Gasteiger partial charge is 0.305 e. The molecular weight excluding hydrogens is 274 g/mol. The highest BCUT2D eigenvalue weighted by molar-refractivity contribution is 6.03. The number of nitrogens with one attached hydrogen (secondary N) is 1. The number of carbonyl (C=O) groups is 2. The van der Waals surface area contributed by atoms with Crippen molar-refractivity contribution < 1.29 is 19.8 Å². The summed E-state index contributed by atoms with van der Waals surface area (Å²) in [6.07, 6.45) is 1.32. The number of rotatable bonds is 7. The van der Waals surface area contributed by atoms with E-state index >= 15 is 0 Å². The molecule has 2 rings (SSSR count). The molecular formula is C14H17N3O4. The Bertz CT molecular complexity index is 665. The second-order valence-corrected chi connectivity index (χ2v) is 4.75. The van der Waals surface area contributed by atoms with E-state index in [0.29, 0.717) is 11.1 Å². The first-order chi connectivity index (χ1) is 10.0. The third kappa shape index (κ3) is 3.45. The van der Waals surface area contributed by atoms with E-state index in [-0.39, 0.29) is 25.4 Å². The lowest BCUT2D eigenvalue weighted by atomic mass is 10.0. The highest BCUT2D eigenvalue weighted by Crippen LogP contribution is 2.16. The van der Waals surface area contributed by atoms with Gasteiger partial charge in [0.05, 0.1) is 36.4 Å². The number of hydrogen-bond acceptors (Lipinski definition) is 5. The quantitative estimate of drug-likeness (QED) is 0.629. The van der Waals surface area contributed by atoms with Crippen molar-refractivity contribution >= 4 is 22.8 Å². The summed E-state index contributed by atoms with van der Waals surface area (Å²) >= 11 is 0. The SMILES string of the molecule is Cn1cnc2cc(C(=O)C(CC(=O)O)NCCO)ccc21. The molecule has 1 aromatic carbocycles. The van der Waals surface area contributed by atoms with Crippen molar-refractivity contribution in [3.05, 3.63) is 30.1 Å². The molecule has 1 heterocycles. The fourth-order valence-electron chi connectivity index (χ4n) is 2.16. The fourth-order valence-corrected chi connectivity index (χ4v) is 2.16. The zero-order valence-corrected chi connectivity index (χ0v) is 11.6. The standard InChI is InChI=1S/C14H17N3O4/c1-17-8-16-10-6-9(2-3-12(10)17)14(21)11(7-13(19)20)15-4-5-18/h2-3,6,8,11,15,18H,4-5,7H2,1H3,(H,19,20). The van der Waals surface area contributed by atoms with Gasteiger partial charge in [0.15, 0.2) is 5.78 Å². The third-order valence-electron chi connectivity index (χ3n) is 3.21. The van der Waals surface area contributed by atoms with Gasteiger partial charge in [-0.2, -0.15) is 0 Å². The van der Waals surface area contributed by atoms with E-state index in [1.807, 2.05) is 11.6 Å². The van der Waals surface area contributed by atoms with Gasteiger partial charge in [-0.3, -0.25) is 9.59 Å². The van der Waals surface area contributed by atoms with Crippen molar-refractivity contribution in [1.29, 1.82) is 0 Å². The minimum Gasteiger partial charge on any atom is -0.481 e. The number of Topliss-reactive ketones (excluding diaryl/α,β-unsaturated/α-hetero) is 1. The van der Waals surface area contributed by atoms with Crippen LogP contribution >= 0.6 is 0 Å². The van der Waals surface area contributed by atoms with Crippen molar-refractivity contribution in [3.8, 4) is 0 Å². The summed E-state index contributed by atoms with van der Waals surface area (Å²) in [5.74, 6) is -1.39. The molecule has 0 aliphatic rings. The number of benzene rings is 1. The van der Waals surface area contributed by atoms with Gasteiger partial charge in [0, 0.05) is 19.2 Å². The van der Waals surface area contributed by atoms with E-state index in [0.717, 1.165) is 5.52 Å². The number of imidazole rings is 1. The predicted octanol–water partition coefficient (Wildman–Crippen LogP) is 0.181. The molecule has 112 valence electrons. The molecule has 7 nitrogen and oxygen atoms in total. The van der Waals surface area contributed by atoms with Crippen LogP contribution in [0.15, 0.2) is 24.5 Å². The average Bonchev–Trinajstić information content (AvgIpc) is 2.83. The van der Waals surface area contributed by atoms with E-state index in [1.165, 1.54) is 0 Å². The first-order valence-corrected chi connectivity index (χ1v) is 6.54. The Kier molecular flexibility index (Phi) is 4.66. The molecule has 21 heavy (non-hydrogen) atoms. The molecule has 0 spiro atoms. The fraction of sp³-hybridized carbons (Fsp3) is 0.357. The summed E-state index contributed by atoms with van der Waals surface area (Å²) in [6, 6.07) is 4.21. The number of aromatic nitrogens is 2. The van der Waals surface area contributed by atoms with Gasteiger partial charge in [-0.05, 0) is 18.2 Å². The maximum atomic E-state index is 12.4. The van der Waals surface area contributed by atoms with Crippen LogP contribution in [0.1, 0.15) is 16.8 Å². The first-order valence-electron chi connectivity index (χ1n) is 6.54. The summed E-state index contributed by atoms with van der Waals surface area (Å²) in [6.45, 7) is -0.00179. The lowest BCUT2D eigenvalue weighted by Gasteiger charge is -2.15. The number of aliphatic hydroxyl groups excluding tert-OH is 1. The second kappa shape index (κ2) is 6.47. The Morgan fingerprint density at radius 2 is 2.19 bits per heavy atom. The molecule has 1 unspecified atom stereocenters. The maximum Gasteiger partial charge on any atom is 0.305 e. The van der Waals surface area contributed by atoms with E-state index in [9.17, 15) is 9.59 Å². The van der Waals surface area contributed by atoms with Crippen LogP contribution in [0.25, 0.3) is 11.0 Å². The molecule has 3 N–H and O–H groups in total. The number of carboxylic acids is 1. The van der Waals surface area contributed by atoms with Crippen LogP contribution in [-0.4, -0.2) is 50.7 Å². The highest BCUT2D eigenvalue weighted by atomic mass is 16.4. The first kappa shape index (κ1) is 15.1. The summed E-state index contributed by atoms with van der Waals surface area (Å²) in [5, 5.41) is 20.4. The van der Waals surface area contributed by atoms with Crippen LogP contribution in [0.3, 0.4) is 0 Å². The molecule has 1 atom stereocenters. The number of fused-ring (bicyclic) bond motifs is 1. The van der Waals surface area contributed by atoms with Gasteiger partial charge in [-0.15, -0.1) is 0 Å². The minimum atomic E-state index is -1.07. The lowest BCUT2D eigenvalue weighted by Crippen LogP contribution is -2.40.